The maximum absolute atomic E-state index is 9.94. The Morgan fingerprint density at radius 2 is 1.95 bits per heavy atom. The van der Waals surface area contributed by atoms with Crippen LogP contribution in [0.4, 0.5) is 0 Å². The maximum atomic E-state index is 9.94. The molecule has 4 nitrogen and oxygen atoms in total. The van der Waals surface area contributed by atoms with Gasteiger partial charge in [-0.2, -0.15) is 0 Å². The van der Waals surface area contributed by atoms with Crippen LogP contribution < -0.4 is 10.5 Å². The minimum atomic E-state index is -1.11. The first-order valence-corrected chi connectivity index (χ1v) is 11.3. The van der Waals surface area contributed by atoms with E-state index in [-0.39, 0.29) is 18.4 Å². The quantitative estimate of drug-likeness (QED) is 0.426. The van der Waals surface area contributed by atoms with E-state index in [1.54, 1.807) is 12.1 Å². The number of hydrogen-bond donors (Lipinski definition) is 2. The smallest absolute Gasteiger partial charge is 0.189 e. The number of aliphatic hydroxyl groups excluding tert-OH is 1. The van der Waals surface area contributed by atoms with E-state index >= 15 is 0 Å². The Hall–Kier alpha value is -0.303. The molecule has 0 saturated carbocycles. The standard InChI is InChI=1S/C14H23Cl2NO3Si/c1-21(2,3)7-6-19-9-20-12-5-4-10(15)14(16)13(12)11(18)8-17/h4-5,11,18H,6-9,17H2,1-3H3. The Labute approximate surface area is 137 Å². The van der Waals surface area contributed by atoms with E-state index in [1.165, 1.54) is 0 Å². The second-order valence-corrected chi connectivity index (χ2v) is 12.4. The van der Waals surface area contributed by atoms with Gasteiger partial charge in [-0.3, -0.25) is 0 Å². The molecule has 1 rings (SSSR count). The van der Waals surface area contributed by atoms with Gasteiger partial charge >= 0.3 is 0 Å². The van der Waals surface area contributed by atoms with Gasteiger partial charge in [-0.25, -0.2) is 0 Å². The van der Waals surface area contributed by atoms with Gasteiger partial charge in [0.1, 0.15) is 5.75 Å². The van der Waals surface area contributed by atoms with Crippen molar-refractivity contribution in [3.05, 3.63) is 27.7 Å². The van der Waals surface area contributed by atoms with Gasteiger partial charge in [-0.05, 0) is 18.2 Å². The second kappa shape index (κ2) is 8.36. The molecule has 0 aromatic heterocycles. The molecule has 21 heavy (non-hydrogen) atoms. The summed E-state index contributed by atoms with van der Waals surface area (Å²) in [6.07, 6.45) is -0.923. The molecule has 120 valence electrons. The zero-order valence-electron chi connectivity index (χ0n) is 12.7. The summed E-state index contributed by atoms with van der Waals surface area (Å²) in [5, 5.41) is 10.6. The SMILES string of the molecule is C[Si](C)(C)CCOCOc1ccc(Cl)c(Cl)c1C(O)CN. The van der Waals surface area contributed by atoms with Crippen molar-refractivity contribution in [1.29, 1.82) is 0 Å². The van der Waals surface area contributed by atoms with E-state index in [2.05, 4.69) is 19.6 Å². The lowest BCUT2D eigenvalue weighted by Gasteiger charge is -2.18. The summed E-state index contributed by atoms with van der Waals surface area (Å²) >= 11 is 12.1. The predicted octanol–water partition coefficient (Wildman–Crippen LogP) is 3.68. The van der Waals surface area contributed by atoms with Crippen molar-refractivity contribution >= 4 is 31.3 Å². The molecule has 0 aliphatic carbocycles. The molecule has 0 saturated heterocycles. The molecule has 1 unspecified atom stereocenters. The highest BCUT2D eigenvalue weighted by atomic mass is 35.5. The Bertz CT molecular complexity index is 466. The molecular formula is C14H23Cl2NO3Si. The molecule has 1 aromatic carbocycles. The lowest BCUT2D eigenvalue weighted by molar-refractivity contribution is 0.0200. The van der Waals surface area contributed by atoms with Crippen LogP contribution in [-0.2, 0) is 4.74 Å². The third-order valence-electron chi connectivity index (χ3n) is 2.94. The van der Waals surface area contributed by atoms with Gasteiger partial charge in [0, 0.05) is 26.8 Å². The molecule has 0 aliphatic rings. The van der Waals surface area contributed by atoms with Crippen LogP contribution >= 0.6 is 23.2 Å². The van der Waals surface area contributed by atoms with Crippen LogP contribution in [0.5, 0.6) is 5.75 Å². The van der Waals surface area contributed by atoms with Crippen molar-refractivity contribution in [3.63, 3.8) is 0 Å². The van der Waals surface area contributed by atoms with Crippen LogP contribution in [0.3, 0.4) is 0 Å². The van der Waals surface area contributed by atoms with Crippen LogP contribution in [0.25, 0.3) is 0 Å². The Kier molecular flexibility index (Phi) is 7.46. The first-order valence-electron chi connectivity index (χ1n) is 6.83. The summed E-state index contributed by atoms with van der Waals surface area (Å²) in [6, 6.07) is 4.34. The van der Waals surface area contributed by atoms with Crippen LogP contribution in [-0.4, -0.2) is 33.1 Å². The van der Waals surface area contributed by atoms with Crippen molar-refractivity contribution in [2.45, 2.75) is 31.8 Å². The molecule has 0 heterocycles. The molecule has 1 aromatic rings. The van der Waals surface area contributed by atoms with E-state index in [1.807, 2.05) is 0 Å². The summed E-state index contributed by atoms with van der Waals surface area (Å²) in [5.74, 6) is 0.440. The third kappa shape index (κ3) is 6.14. The van der Waals surface area contributed by atoms with E-state index < -0.39 is 14.2 Å². The van der Waals surface area contributed by atoms with Gasteiger partial charge in [0.25, 0.3) is 0 Å². The first-order chi connectivity index (χ1) is 9.76. The van der Waals surface area contributed by atoms with Gasteiger partial charge < -0.3 is 20.3 Å². The average molecular weight is 352 g/mol. The Morgan fingerprint density at radius 1 is 1.29 bits per heavy atom. The Balaban J connectivity index is 2.65. The first kappa shape index (κ1) is 18.7. The van der Waals surface area contributed by atoms with Crippen LogP contribution in [0.2, 0.25) is 35.7 Å². The number of halogens is 2. The zero-order chi connectivity index (χ0) is 16.0. The number of hydrogen-bond acceptors (Lipinski definition) is 4. The zero-order valence-corrected chi connectivity index (χ0v) is 15.2. The van der Waals surface area contributed by atoms with E-state index in [9.17, 15) is 5.11 Å². The van der Waals surface area contributed by atoms with Crippen molar-refractivity contribution in [2.75, 3.05) is 19.9 Å². The molecule has 3 N–H and O–H groups in total. The minimum absolute atomic E-state index is 0.0346. The number of ether oxygens (including phenoxy) is 2. The summed E-state index contributed by atoms with van der Waals surface area (Å²) in [4.78, 5) is 0. The van der Waals surface area contributed by atoms with Crippen LogP contribution in [0, 0.1) is 0 Å². The molecule has 7 heteroatoms. The number of aliphatic hydroxyl groups is 1. The Morgan fingerprint density at radius 3 is 2.52 bits per heavy atom. The van der Waals surface area contributed by atoms with Gasteiger partial charge in [0.05, 0.1) is 16.1 Å². The van der Waals surface area contributed by atoms with Gasteiger partial charge in [0.15, 0.2) is 6.79 Å². The van der Waals surface area contributed by atoms with E-state index in [0.717, 1.165) is 6.04 Å². The van der Waals surface area contributed by atoms with Crippen LogP contribution in [0.15, 0.2) is 12.1 Å². The highest BCUT2D eigenvalue weighted by molar-refractivity contribution is 6.76. The van der Waals surface area contributed by atoms with Crippen molar-refractivity contribution < 1.29 is 14.6 Å². The molecule has 0 spiro atoms. The second-order valence-electron chi connectivity index (χ2n) is 6.01. The van der Waals surface area contributed by atoms with Gasteiger partial charge in [0.2, 0.25) is 0 Å². The topological polar surface area (TPSA) is 64.7 Å². The van der Waals surface area contributed by atoms with Gasteiger partial charge in [-0.15, -0.1) is 0 Å². The fourth-order valence-electron chi connectivity index (χ4n) is 1.65. The largest absolute Gasteiger partial charge is 0.467 e. The molecule has 0 bridgehead atoms. The van der Waals surface area contributed by atoms with E-state index in [4.69, 9.17) is 38.4 Å². The fraction of sp³-hybridized carbons (Fsp3) is 0.571. The summed E-state index contributed by atoms with van der Waals surface area (Å²) in [6.45, 7) is 7.65. The van der Waals surface area contributed by atoms with Gasteiger partial charge in [-0.1, -0.05) is 42.8 Å². The molecule has 0 aliphatic heterocycles. The van der Waals surface area contributed by atoms with E-state index in [0.29, 0.717) is 22.9 Å². The summed E-state index contributed by atoms with van der Waals surface area (Å²) in [7, 11) is -1.11. The fourth-order valence-corrected chi connectivity index (χ4v) is 2.85. The summed E-state index contributed by atoms with van der Waals surface area (Å²) in [5.41, 5.74) is 5.89. The monoisotopic (exact) mass is 351 g/mol. The third-order valence-corrected chi connectivity index (χ3v) is 5.47. The number of nitrogens with two attached hydrogens (primary N) is 1. The highest BCUT2D eigenvalue weighted by Gasteiger charge is 2.19. The molecular weight excluding hydrogens is 329 g/mol. The molecule has 0 amide bonds. The van der Waals surface area contributed by atoms with Crippen molar-refractivity contribution in [2.24, 2.45) is 5.73 Å². The van der Waals surface area contributed by atoms with Crippen molar-refractivity contribution in [3.8, 4) is 5.75 Å². The maximum Gasteiger partial charge on any atom is 0.189 e. The van der Waals surface area contributed by atoms with Crippen molar-refractivity contribution in [1.82, 2.24) is 0 Å². The molecule has 0 radical (unpaired) electrons. The average Bonchev–Trinajstić information content (AvgIpc) is 2.40. The van der Waals surface area contributed by atoms with Crippen LogP contribution in [0.1, 0.15) is 11.7 Å². The lowest BCUT2D eigenvalue weighted by Crippen LogP contribution is -2.22. The number of benzene rings is 1. The number of rotatable bonds is 8. The minimum Gasteiger partial charge on any atom is -0.467 e. The molecule has 0 fully saturated rings. The lowest BCUT2D eigenvalue weighted by atomic mass is 10.1. The normalized spacial score (nSPS) is 13.3. The molecule has 1 atom stereocenters. The summed E-state index contributed by atoms with van der Waals surface area (Å²) < 4.78 is 11.0. The highest BCUT2D eigenvalue weighted by Crippen LogP contribution is 2.37. The predicted molar refractivity (Wildman–Crippen MR) is 90.1 cm³/mol.